The maximum absolute atomic E-state index is 13.0. The second kappa shape index (κ2) is 7.56. The summed E-state index contributed by atoms with van der Waals surface area (Å²) in [5.41, 5.74) is 2.94. The molecular weight excluding hydrogens is 456 g/mol. The van der Waals surface area contributed by atoms with Crippen molar-refractivity contribution in [3.63, 3.8) is 0 Å². The lowest BCUT2D eigenvalue weighted by molar-refractivity contribution is -0.116. The Balaban J connectivity index is 1.07. The summed E-state index contributed by atoms with van der Waals surface area (Å²) < 4.78 is 12.3. The fraction of sp³-hybridized carbons (Fsp3) is 0.286. The SMILES string of the molecule is N#CC1(c2cccc(C(=O)N[C@H]3[C@H]4Oc5ccc(Oc6ccnc7c6CCC(=O)N7)cc5[C@@H]34)c2)CC1. The van der Waals surface area contributed by atoms with E-state index in [-0.39, 0.29) is 29.9 Å². The van der Waals surface area contributed by atoms with Crippen LogP contribution in [0.25, 0.3) is 0 Å². The third-order valence-corrected chi connectivity index (χ3v) is 7.60. The number of anilines is 1. The third-order valence-electron chi connectivity index (χ3n) is 7.60. The van der Waals surface area contributed by atoms with Gasteiger partial charge in [0.05, 0.1) is 23.4 Å². The number of benzene rings is 2. The molecule has 8 heteroatoms. The lowest BCUT2D eigenvalue weighted by atomic mass is 9.96. The Kier molecular flexibility index (Phi) is 4.40. The topological polar surface area (TPSA) is 113 Å². The molecule has 4 aliphatic rings. The number of nitriles is 1. The molecular formula is C28H22N4O4. The van der Waals surface area contributed by atoms with E-state index >= 15 is 0 Å². The van der Waals surface area contributed by atoms with Gasteiger partial charge in [0.25, 0.3) is 5.91 Å². The van der Waals surface area contributed by atoms with Crippen LogP contribution in [0.3, 0.4) is 0 Å². The van der Waals surface area contributed by atoms with Crippen molar-refractivity contribution in [1.29, 1.82) is 5.26 Å². The number of carbonyl (C=O) groups is 2. The van der Waals surface area contributed by atoms with Crippen LogP contribution in [0.5, 0.6) is 17.2 Å². The number of fused-ring (bicyclic) bond motifs is 4. The molecule has 1 aromatic heterocycles. The van der Waals surface area contributed by atoms with Crippen molar-refractivity contribution in [3.05, 3.63) is 77.0 Å². The highest BCUT2D eigenvalue weighted by atomic mass is 16.5. The highest BCUT2D eigenvalue weighted by Crippen LogP contribution is 2.55. The average molecular weight is 479 g/mol. The van der Waals surface area contributed by atoms with Gasteiger partial charge in [-0.2, -0.15) is 5.26 Å². The van der Waals surface area contributed by atoms with Crippen LogP contribution < -0.4 is 20.1 Å². The number of aromatic nitrogens is 1. The molecule has 3 atom stereocenters. The predicted molar refractivity (Wildman–Crippen MR) is 129 cm³/mol. The molecule has 2 aliphatic carbocycles. The van der Waals surface area contributed by atoms with Gasteiger partial charge in [0.2, 0.25) is 5.91 Å². The van der Waals surface area contributed by atoms with Crippen LogP contribution in [0.15, 0.2) is 54.7 Å². The van der Waals surface area contributed by atoms with E-state index in [1.165, 1.54) is 0 Å². The van der Waals surface area contributed by atoms with E-state index in [1.54, 1.807) is 18.3 Å². The first-order valence-electron chi connectivity index (χ1n) is 12.1. The van der Waals surface area contributed by atoms with Gasteiger partial charge in [-0.3, -0.25) is 9.59 Å². The van der Waals surface area contributed by atoms with E-state index < -0.39 is 5.41 Å². The Morgan fingerprint density at radius 1 is 1.19 bits per heavy atom. The number of hydrogen-bond donors (Lipinski definition) is 2. The summed E-state index contributed by atoms with van der Waals surface area (Å²) in [6.07, 6.45) is 4.18. The van der Waals surface area contributed by atoms with Crippen LogP contribution in [-0.2, 0) is 16.6 Å². The summed E-state index contributed by atoms with van der Waals surface area (Å²) >= 11 is 0. The Hall–Kier alpha value is -4.38. The molecule has 0 radical (unpaired) electrons. The number of nitrogens with zero attached hydrogens (tertiary/aromatic N) is 2. The second-order valence-electron chi connectivity index (χ2n) is 9.87. The molecule has 0 saturated heterocycles. The molecule has 0 bridgehead atoms. The molecule has 178 valence electrons. The highest BCUT2D eigenvalue weighted by Gasteiger charge is 2.59. The second-order valence-corrected chi connectivity index (χ2v) is 9.87. The van der Waals surface area contributed by atoms with Gasteiger partial charge in [0.1, 0.15) is 29.2 Å². The van der Waals surface area contributed by atoms with Crippen molar-refractivity contribution in [3.8, 4) is 23.3 Å². The molecule has 0 unspecified atom stereocenters. The van der Waals surface area contributed by atoms with Crippen LogP contribution in [0.1, 0.15) is 52.2 Å². The van der Waals surface area contributed by atoms with Crippen LogP contribution in [0.2, 0.25) is 0 Å². The molecule has 2 saturated carbocycles. The van der Waals surface area contributed by atoms with Crippen LogP contribution in [0.4, 0.5) is 5.82 Å². The first kappa shape index (κ1) is 20.9. The molecule has 3 aromatic rings. The van der Waals surface area contributed by atoms with E-state index in [9.17, 15) is 14.9 Å². The number of carbonyl (C=O) groups excluding carboxylic acids is 2. The standard InChI is InChI=1S/C28H22N4O4/c29-14-28(9-10-28)16-3-1-2-15(12-16)27(34)32-24-23-19-13-17(4-6-20(19)36-25(23)24)35-21-8-11-30-26-18(21)5-7-22(33)31-26/h1-4,6,8,11-13,23-25H,5,7,9-10H2,(H,32,34)(H,30,31,33)/t23-,24+,25-/m0/s1. The summed E-state index contributed by atoms with van der Waals surface area (Å²) in [7, 11) is 0. The number of amides is 2. The number of nitrogens with one attached hydrogen (secondary N) is 2. The maximum Gasteiger partial charge on any atom is 0.251 e. The number of ether oxygens (including phenoxy) is 2. The van der Waals surface area contributed by atoms with Gasteiger partial charge < -0.3 is 20.1 Å². The highest BCUT2D eigenvalue weighted by molar-refractivity contribution is 5.95. The summed E-state index contributed by atoms with van der Waals surface area (Å²) in [5.74, 6) is 2.55. The predicted octanol–water partition coefficient (Wildman–Crippen LogP) is 3.97. The minimum absolute atomic E-state index is 0.0430. The van der Waals surface area contributed by atoms with Gasteiger partial charge in [-0.1, -0.05) is 12.1 Å². The van der Waals surface area contributed by atoms with Crippen molar-refractivity contribution in [2.75, 3.05) is 5.32 Å². The minimum atomic E-state index is -0.426. The number of rotatable bonds is 5. The Labute approximate surface area is 207 Å². The minimum Gasteiger partial charge on any atom is -0.487 e. The fourth-order valence-electron chi connectivity index (χ4n) is 5.34. The summed E-state index contributed by atoms with van der Waals surface area (Å²) in [6.45, 7) is 0. The summed E-state index contributed by atoms with van der Waals surface area (Å²) in [4.78, 5) is 28.9. The molecule has 2 aromatic carbocycles. The van der Waals surface area contributed by atoms with Crippen molar-refractivity contribution >= 4 is 17.6 Å². The van der Waals surface area contributed by atoms with Gasteiger partial charge in [-0.15, -0.1) is 0 Å². The molecule has 8 nitrogen and oxygen atoms in total. The zero-order valence-corrected chi connectivity index (χ0v) is 19.3. The molecule has 2 aliphatic heterocycles. The molecule has 2 N–H and O–H groups in total. The quantitative estimate of drug-likeness (QED) is 0.574. The maximum atomic E-state index is 13.0. The largest absolute Gasteiger partial charge is 0.487 e. The van der Waals surface area contributed by atoms with E-state index in [0.29, 0.717) is 35.7 Å². The Morgan fingerprint density at radius 3 is 2.92 bits per heavy atom. The molecule has 7 rings (SSSR count). The summed E-state index contributed by atoms with van der Waals surface area (Å²) in [6, 6.07) is 17.2. The monoisotopic (exact) mass is 478 g/mol. The van der Waals surface area contributed by atoms with E-state index in [4.69, 9.17) is 9.47 Å². The van der Waals surface area contributed by atoms with E-state index in [0.717, 1.165) is 35.3 Å². The normalized spacial score (nSPS) is 23.6. The average Bonchev–Trinajstić information content (AvgIpc) is 3.79. The third kappa shape index (κ3) is 3.31. The molecule has 0 spiro atoms. The van der Waals surface area contributed by atoms with E-state index in [1.807, 2.05) is 36.4 Å². The van der Waals surface area contributed by atoms with Gasteiger partial charge in [-0.25, -0.2) is 4.98 Å². The molecule has 2 amide bonds. The summed E-state index contributed by atoms with van der Waals surface area (Å²) in [5, 5.41) is 15.4. The van der Waals surface area contributed by atoms with Crippen LogP contribution in [0, 0.1) is 11.3 Å². The van der Waals surface area contributed by atoms with Crippen LogP contribution in [-0.4, -0.2) is 28.9 Å². The van der Waals surface area contributed by atoms with Gasteiger partial charge in [0.15, 0.2) is 0 Å². The molecule has 36 heavy (non-hydrogen) atoms. The first-order chi connectivity index (χ1) is 17.5. The first-order valence-corrected chi connectivity index (χ1v) is 12.1. The lowest BCUT2D eigenvalue weighted by Gasteiger charge is -2.19. The fourth-order valence-corrected chi connectivity index (χ4v) is 5.34. The van der Waals surface area contributed by atoms with Crippen molar-refractivity contribution in [2.45, 2.75) is 49.2 Å². The zero-order valence-electron chi connectivity index (χ0n) is 19.3. The Morgan fingerprint density at radius 2 is 2.08 bits per heavy atom. The van der Waals surface area contributed by atoms with Crippen molar-refractivity contribution in [2.24, 2.45) is 0 Å². The lowest BCUT2D eigenvalue weighted by Crippen LogP contribution is -2.30. The van der Waals surface area contributed by atoms with Gasteiger partial charge in [-0.05, 0) is 61.2 Å². The molecule has 3 heterocycles. The zero-order chi connectivity index (χ0) is 24.4. The van der Waals surface area contributed by atoms with Gasteiger partial charge in [0, 0.05) is 29.3 Å². The van der Waals surface area contributed by atoms with Gasteiger partial charge >= 0.3 is 0 Å². The van der Waals surface area contributed by atoms with Crippen LogP contribution >= 0.6 is 0 Å². The van der Waals surface area contributed by atoms with E-state index in [2.05, 4.69) is 21.7 Å². The van der Waals surface area contributed by atoms with Crippen molar-refractivity contribution < 1.29 is 19.1 Å². The smallest absolute Gasteiger partial charge is 0.251 e. The Bertz CT molecular complexity index is 1490. The number of hydrogen-bond acceptors (Lipinski definition) is 6. The number of pyridine rings is 1. The molecule has 2 fully saturated rings. The van der Waals surface area contributed by atoms with Crippen molar-refractivity contribution in [1.82, 2.24) is 10.3 Å².